The maximum absolute atomic E-state index is 12.4. The molecule has 0 aliphatic carbocycles. The van der Waals surface area contributed by atoms with E-state index < -0.39 is 27.0 Å². The molecule has 0 radical (unpaired) electrons. The van der Waals surface area contributed by atoms with Crippen molar-refractivity contribution in [1.82, 2.24) is 4.98 Å². The summed E-state index contributed by atoms with van der Waals surface area (Å²) in [5, 5.41) is 4.58. The third-order valence-corrected chi connectivity index (χ3v) is 3.24. The molecular weight excluding hydrogens is 250 g/mol. The van der Waals surface area contributed by atoms with Crippen LogP contribution in [0.3, 0.4) is 0 Å². The van der Waals surface area contributed by atoms with E-state index in [1.807, 2.05) is 0 Å². The van der Waals surface area contributed by atoms with Gasteiger partial charge in [-0.2, -0.15) is 0 Å². The minimum Gasteiger partial charge on any atom is -0.253 e. The van der Waals surface area contributed by atoms with E-state index in [0.29, 0.717) is 0 Å². The van der Waals surface area contributed by atoms with E-state index in [-0.39, 0.29) is 10.6 Å². The Kier molecular flexibility index (Phi) is 3.27. The number of nitrogens with zero attached hydrogens (tertiary/aromatic N) is 1. The molecule has 0 aliphatic heterocycles. The summed E-state index contributed by atoms with van der Waals surface area (Å²) in [6.45, 7) is 1.18. The molecule has 0 fully saturated rings. The summed E-state index contributed by atoms with van der Waals surface area (Å²) >= 11 is 5.52. The Bertz CT molecular complexity index is 490. The van der Waals surface area contributed by atoms with Crippen LogP contribution in [0.2, 0.25) is 5.02 Å². The second-order valence-electron chi connectivity index (χ2n) is 2.79. The lowest BCUT2D eigenvalue weighted by Gasteiger charge is -2.09. The smallest absolute Gasteiger partial charge is 0.253 e. The normalized spacial score (nSPS) is 12.1. The van der Waals surface area contributed by atoms with Gasteiger partial charge in [0.05, 0.1) is 5.02 Å². The zero-order chi connectivity index (χ0) is 11.8. The second-order valence-corrected chi connectivity index (χ2v) is 4.70. The van der Waals surface area contributed by atoms with Gasteiger partial charge in [0.25, 0.3) is 6.43 Å². The average Bonchev–Trinajstić information content (AvgIpc) is 2.00. The standard InChI is InChI=1S/C7H7ClF2N2O2S/c1-3-5(7(9)10)12-2-4(8)6(3)15(11,13)14/h2,7H,1H3,(H2,11,13,14). The zero-order valence-corrected chi connectivity index (χ0v) is 9.11. The predicted octanol–water partition coefficient (Wildman–Crippen LogP) is 1.63. The molecule has 1 rings (SSSR count). The molecule has 0 atom stereocenters. The monoisotopic (exact) mass is 256 g/mol. The maximum Gasteiger partial charge on any atom is 0.280 e. The summed E-state index contributed by atoms with van der Waals surface area (Å²) in [6, 6.07) is 0. The van der Waals surface area contributed by atoms with Crippen LogP contribution in [0.1, 0.15) is 17.7 Å². The average molecular weight is 257 g/mol. The zero-order valence-electron chi connectivity index (χ0n) is 7.54. The highest BCUT2D eigenvalue weighted by Crippen LogP contribution is 2.29. The summed E-state index contributed by atoms with van der Waals surface area (Å²) in [7, 11) is -4.13. The molecule has 0 amide bonds. The highest BCUT2D eigenvalue weighted by molar-refractivity contribution is 7.89. The Morgan fingerprint density at radius 2 is 2.07 bits per heavy atom. The van der Waals surface area contributed by atoms with Gasteiger partial charge < -0.3 is 0 Å². The van der Waals surface area contributed by atoms with Gasteiger partial charge in [-0.25, -0.2) is 22.3 Å². The van der Waals surface area contributed by atoms with Gasteiger partial charge in [0.1, 0.15) is 10.6 Å². The Labute approximate surface area is 90.1 Å². The Morgan fingerprint density at radius 3 is 2.47 bits per heavy atom. The molecule has 2 N–H and O–H groups in total. The summed E-state index contributed by atoms with van der Waals surface area (Å²) < 4.78 is 46.9. The maximum atomic E-state index is 12.4. The summed E-state index contributed by atoms with van der Waals surface area (Å²) in [5.41, 5.74) is -0.858. The van der Waals surface area contributed by atoms with Crippen molar-refractivity contribution in [2.45, 2.75) is 18.2 Å². The van der Waals surface area contributed by atoms with Crippen LogP contribution in [-0.4, -0.2) is 13.4 Å². The molecule has 1 aromatic rings. The highest BCUT2D eigenvalue weighted by atomic mass is 35.5. The quantitative estimate of drug-likeness (QED) is 0.874. The lowest BCUT2D eigenvalue weighted by Crippen LogP contribution is -2.16. The van der Waals surface area contributed by atoms with Gasteiger partial charge in [0, 0.05) is 6.20 Å². The molecule has 4 nitrogen and oxygen atoms in total. The van der Waals surface area contributed by atoms with E-state index in [1.165, 1.54) is 6.92 Å². The lowest BCUT2D eigenvalue weighted by atomic mass is 10.2. The van der Waals surface area contributed by atoms with Crippen molar-refractivity contribution < 1.29 is 17.2 Å². The first-order valence-electron chi connectivity index (χ1n) is 3.71. The number of aromatic nitrogens is 1. The molecule has 0 saturated carbocycles. The van der Waals surface area contributed by atoms with Crippen molar-refractivity contribution in [2.24, 2.45) is 5.14 Å². The molecule has 0 aromatic carbocycles. The van der Waals surface area contributed by atoms with Gasteiger partial charge in [-0.3, -0.25) is 4.98 Å². The first-order valence-corrected chi connectivity index (χ1v) is 5.63. The Balaban J connectivity index is 3.59. The number of hydrogen-bond acceptors (Lipinski definition) is 3. The molecule has 0 spiro atoms. The van der Waals surface area contributed by atoms with Crippen LogP contribution < -0.4 is 5.14 Å². The molecule has 0 aliphatic rings. The van der Waals surface area contributed by atoms with E-state index in [2.05, 4.69) is 4.98 Å². The van der Waals surface area contributed by atoms with Gasteiger partial charge in [0.15, 0.2) is 0 Å². The molecule has 8 heteroatoms. The van der Waals surface area contributed by atoms with Crippen LogP contribution in [0.15, 0.2) is 11.1 Å². The van der Waals surface area contributed by atoms with Crippen molar-refractivity contribution in [3.63, 3.8) is 0 Å². The topological polar surface area (TPSA) is 73.0 Å². The fourth-order valence-corrected chi connectivity index (χ4v) is 2.52. The van der Waals surface area contributed by atoms with E-state index >= 15 is 0 Å². The van der Waals surface area contributed by atoms with E-state index in [1.54, 1.807) is 0 Å². The van der Waals surface area contributed by atoms with Crippen LogP contribution >= 0.6 is 11.6 Å². The first-order chi connectivity index (χ1) is 6.75. The van der Waals surface area contributed by atoms with Crippen molar-refractivity contribution in [1.29, 1.82) is 0 Å². The summed E-state index contributed by atoms with van der Waals surface area (Å²) in [6.07, 6.45) is -2.03. The fraction of sp³-hybridized carbons (Fsp3) is 0.286. The van der Waals surface area contributed by atoms with Crippen LogP contribution in [0, 0.1) is 6.92 Å². The SMILES string of the molecule is Cc1c(C(F)F)ncc(Cl)c1S(N)(=O)=O. The van der Waals surface area contributed by atoms with Gasteiger partial charge in [-0.1, -0.05) is 11.6 Å². The summed E-state index contributed by atoms with van der Waals surface area (Å²) in [5.74, 6) is 0. The van der Waals surface area contributed by atoms with Crippen molar-refractivity contribution in [2.75, 3.05) is 0 Å². The number of alkyl halides is 2. The number of nitrogens with two attached hydrogens (primary N) is 1. The molecule has 0 unspecified atom stereocenters. The molecule has 15 heavy (non-hydrogen) atoms. The number of primary sulfonamides is 1. The number of pyridine rings is 1. The number of rotatable bonds is 2. The molecule has 1 aromatic heterocycles. The molecule has 0 bridgehead atoms. The largest absolute Gasteiger partial charge is 0.280 e. The molecular formula is C7H7ClF2N2O2S. The minimum absolute atomic E-state index is 0.222. The molecule has 84 valence electrons. The fourth-order valence-electron chi connectivity index (χ4n) is 1.15. The first kappa shape index (κ1) is 12.3. The lowest BCUT2D eigenvalue weighted by molar-refractivity contribution is 0.145. The van der Waals surface area contributed by atoms with Crippen LogP contribution in [0.25, 0.3) is 0 Å². The van der Waals surface area contributed by atoms with Gasteiger partial charge in [0.2, 0.25) is 10.0 Å². The number of halogens is 3. The van der Waals surface area contributed by atoms with Gasteiger partial charge in [-0.15, -0.1) is 0 Å². The summed E-state index contributed by atoms with van der Waals surface area (Å²) in [4.78, 5) is 2.84. The Hall–Kier alpha value is -0.790. The van der Waals surface area contributed by atoms with Gasteiger partial charge in [-0.05, 0) is 12.5 Å². The molecule has 0 saturated heterocycles. The van der Waals surface area contributed by atoms with E-state index in [4.69, 9.17) is 16.7 Å². The van der Waals surface area contributed by atoms with Crippen molar-refractivity contribution in [3.05, 3.63) is 22.5 Å². The van der Waals surface area contributed by atoms with Crippen molar-refractivity contribution in [3.8, 4) is 0 Å². The highest BCUT2D eigenvalue weighted by Gasteiger charge is 2.23. The third kappa shape index (κ3) is 2.42. The molecule has 1 heterocycles. The van der Waals surface area contributed by atoms with E-state index in [9.17, 15) is 17.2 Å². The minimum atomic E-state index is -4.13. The number of hydrogen-bond donors (Lipinski definition) is 1. The van der Waals surface area contributed by atoms with Crippen LogP contribution in [0.5, 0.6) is 0 Å². The third-order valence-electron chi connectivity index (χ3n) is 1.75. The van der Waals surface area contributed by atoms with Crippen LogP contribution in [0.4, 0.5) is 8.78 Å². The van der Waals surface area contributed by atoms with Crippen molar-refractivity contribution >= 4 is 21.6 Å². The predicted molar refractivity (Wildman–Crippen MR) is 50.3 cm³/mol. The van der Waals surface area contributed by atoms with Gasteiger partial charge >= 0.3 is 0 Å². The Morgan fingerprint density at radius 1 is 1.53 bits per heavy atom. The number of sulfonamides is 1. The van der Waals surface area contributed by atoms with Crippen LogP contribution in [-0.2, 0) is 10.0 Å². The van der Waals surface area contributed by atoms with E-state index in [0.717, 1.165) is 6.20 Å². The second kappa shape index (κ2) is 3.99.